The van der Waals surface area contributed by atoms with Crippen molar-refractivity contribution in [3.05, 3.63) is 22.8 Å². The summed E-state index contributed by atoms with van der Waals surface area (Å²) in [4.78, 5) is 24.1. The van der Waals surface area contributed by atoms with Crippen LogP contribution in [0.25, 0.3) is 0 Å². The highest BCUT2D eigenvalue weighted by atomic mass is 16.5. The van der Waals surface area contributed by atoms with Crippen LogP contribution in [0.2, 0.25) is 0 Å². The first kappa shape index (κ1) is 15.0. The molecular weight excluding hydrogens is 256 g/mol. The van der Waals surface area contributed by atoms with Crippen molar-refractivity contribution in [1.82, 2.24) is 0 Å². The fourth-order valence-corrected chi connectivity index (χ4v) is 2.98. The highest BCUT2D eigenvalue weighted by molar-refractivity contribution is 6.07. The molecule has 4 heteroatoms. The first-order valence-electron chi connectivity index (χ1n) is 7.07. The molecule has 0 saturated carbocycles. The lowest BCUT2D eigenvalue weighted by Gasteiger charge is -2.22. The minimum atomic E-state index is -0.422. The van der Waals surface area contributed by atoms with Gasteiger partial charge in [-0.3, -0.25) is 4.79 Å². The fraction of sp³-hybridized carbons (Fsp3) is 0.625. The number of carbonyl (C=O) groups excluding carboxylic acids is 2. The zero-order chi connectivity index (χ0) is 14.9. The van der Waals surface area contributed by atoms with E-state index in [-0.39, 0.29) is 23.8 Å². The van der Waals surface area contributed by atoms with Gasteiger partial charge in [0.1, 0.15) is 6.10 Å². The number of rotatable bonds is 1. The number of esters is 1. The van der Waals surface area contributed by atoms with Crippen LogP contribution in [0.15, 0.2) is 22.8 Å². The van der Waals surface area contributed by atoms with E-state index in [0.717, 1.165) is 12.0 Å². The van der Waals surface area contributed by atoms with Crippen molar-refractivity contribution >= 4 is 11.8 Å². The summed E-state index contributed by atoms with van der Waals surface area (Å²) < 4.78 is 10.8. The van der Waals surface area contributed by atoms with Gasteiger partial charge in [0.25, 0.3) is 0 Å². The van der Waals surface area contributed by atoms with E-state index in [0.29, 0.717) is 24.0 Å². The van der Waals surface area contributed by atoms with E-state index < -0.39 is 6.10 Å². The third kappa shape index (κ3) is 3.01. The Hall–Kier alpha value is -1.42. The molecule has 0 aromatic rings. The first-order valence-corrected chi connectivity index (χ1v) is 7.07. The molecule has 20 heavy (non-hydrogen) atoms. The highest BCUT2D eigenvalue weighted by Gasteiger charge is 2.36. The van der Waals surface area contributed by atoms with E-state index in [1.54, 1.807) is 14.0 Å². The molecule has 1 aliphatic carbocycles. The van der Waals surface area contributed by atoms with Crippen LogP contribution in [0.5, 0.6) is 0 Å². The molecule has 3 atom stereocenters. The van der Waals surface area contributed by atoms with Gasteiger partial charge in [-0.15, -0.1) is 0 Å². The van der Waals surface area contributed by atoms with Gasteiger partial charge in [-0.25, -0.2) is 4.79 Å². The van der Waals surface area contributed by atoms with Crippen molar-refractivity contribution in [2.24, 2.45) is 5.92 Å². The molecule has 0 amide bonds. The summed E-state index contributed by atoms with van der Waals surface area (Å²) in [7, 11) is 1.68. The molecule has 3 unspecified atom stereocenters. The van der Waals surface area contributed by atoms with E-state index in [9.17, 15) is 9.59 Å². The molecule has 0 saturated heterocycles. The highest BCUT2D eigenvalue weighted by Crippen LogP contribution is 2.31. The summed E-state index contributed by atoms with van der Waals surface area (Å²) in [5, 5.41) is 0. The molecule has 0 spiro atoms. The Morgan fingerprint density at radius 2 is 1.95 bits per heavy atom. The zero-order valence-corrected chi connectivity index (χ0v) is 12.6. The van der Waals surface area contributed by atoms with Crippen molar-refractivity contribution in [3.63, 3.8) is 0 Å². The zero-order valence-electron chi connectivity index (χ0n) is 12.6. The number of fused-ring (bicyclic) bond motifs is 1. The van der Waals surface area contributed by atoms with E-state index in [2.05, 4.69) is 6.08 Å². The number of hydrogen-bond acceptors (Lipinski definition) is 4. The van der Waals surface area contributed by atoms with Gasteiger partial charge in [0.2, 0.25) is 0 Å². The monoisotopic (exact) mass is 278 g/mol. The van der Waals surface area contributed by atoms with Crippen LogP contribution in [-0.2, 0) is 19.1 Å². The molecule has 0 aromatic carbocycles. The number of methoxy groups -OCH3 is 1. The lowest BCUT2D eigenvalue weighted by atomic mass is 9.87. The topological polar surface area (TPSA) is 52.6 Å². The van der Waals surface area contributed by atoms with Gasteiger partial charge >= 0.3 is 5.97 Å². The fourth-order valence-electron chi connectivity index (χ4n) is 2.98. The van der Waals surface area contributed by atoms with E-state index in [1.165, 1.54) is 0 Å². The van der Waals surface area contributed by atoms with Crippen molar-refractivity contribution in [1.29, 1.82) is 0 Å². The van der Waals surface area contributed by atoms with Gasteiger partial charge in [-0.05, 0) is 26.2 Å². The molecule has 2 aliphatic rings. The van der Waals surface area contributed by atoms with E-state index in [1.807, 2.05) is 13.8 Å². The first-order chi connectivity index (χ1) is 9.42. The number of carbonyl (C=O) groups is 2. The van der Waals surface area contributed by atoms with Gasteiger partial charge in [-0.1, -0.05) is 18.6 Å². The molecule has 0 bridgehead atoms. The van der Waals surface area contributed by atoms with Crippen LogP contribution in [0.1, 0.15) is 40.0 Å². The molecule has 1 heterocycles. The quantitative estimate of drug-likeness (QED) is 0.546. The third-order valence-corrected chi connectivity index (χ3v) is 4.03. The van der Waals surface area contributed by atoms with Crippen molar-refractivity contribution in [2.75, 3.05) is 7.11 Å². The van der Waals surface area contributed by atoms with Crippen molar-refractivity contribution in [3.8, 4) is 0 Å². The predicted octanol–water partition coefficient (Wildman–Crippen LogP) is 2.58. The minimum absolute atomic E-state index is 0.0153. The summed E-state index contributed by atoms with van der Waals surface area (Å²) in [6.45, 7) is 5.71. The van der Waals surface area contributed by atoms with Crippen LogP contribution < -0.4 is 0 Å². The van der Waals surface area contributed by atoms with Crippen LogP contribution in [0, 0.1) is 5.92 Å². The van der Waals surface area contributed by atoms with E-state index >= 15 is 0 Å². The smallest absolute Gasteiger partial charge is 0.334 e. The molecule has 110 valence electrons. The van der Waals surface area contributed by atoms with Crippen molar-refractivity contribution in [2.45, 2.75) is 52.2 Å². The predicted molar refractivity (Wildman–Crippen MR) is 75.2 cm³/mol. The Morgan fingerprint density at radius 3 is 2.60 bits per heavy atom. The Kier molecular flexibility index (Phi) is 4.43. The maximum Gasteiger partial charge on any atom is 0.334 e. The number of ether oxygens (including phenoxy) is 2. The lowest BCUT2D eigenvalue weighted by molar-refractivity contribution is -0.139. The lowest BCUT2D eigenvalue weighted by Crippen LogP contribution is -2.23. The standard InChI is InChI=1S/C16H22O4/c1-9-5-12(19-4)6-10(2)8-14-15(13(17)7-9)11(3)16(18)20-14/h6,9,12,14H,5,7-8H2,1-4H3. The summed E-state index contributed by atoms with van der Waals surface area (Å²) in [6.07, 6.45) is 3.48. The maximum atomic E-state index is 12.4. The average molecular weight is 278 g/mol. The van der Waals surface area contributed by atoms with Crippen LogP contribution >= 0.6 is 0 Å². The van der Waals surface area contributed by atoms with Crippen LogP contribution in [0.4, 0.5) is 0 Å². The maximum absolute atomic E-state index is 12.4. The van der Waals surface area contributed by atoms with Gasteiger partial charge in [-0.2, -0.15) is 0 Å². The molecule has 0 aromatic heterocycles. The van der Waals surface area contributed by atoms with Gasteiger partial charge < -0.3 is 9.47 Å². The molecule has 2 rings (SSSR count). The van der Waals surface area contributed by atoms with Crippen LogP contribution in [-0.4, -0.2) is 31.1 Å². The third-order valence-electron chi connectivity index (χ3n) is 4.03. The van der Waals surface area contributed by atoms with Gasteiger partial charge in [0.05, 0.1) is 6.10 Å². The largest absolute Gasteiger partial charge is 0.454 e. The van der Waals surface area contributed by atoms with Crippen LogP contribution in [0.3, 0.4) is 0 Å². The average Bonchev–Trinajstić information content (AvgIpc) is 2.62. The molecule has 0 radical (unpaired) electrons. The second kappa shape index (κ2) is 5.92. The second-order valence-electron chi connectivity index (χ2n) is 5.89. The molecule has 0 fully saturated rings. The summed E-state index contributed by atoms with van der Waals surface area (Å²) in [6, 6.07) is 0. The van der Waals surface area contributed by atoms with Gasteiger partial charge in [0.15, 0.2) is 5.78 Å². The molecule has 0 N–H and O–H groups in total. The number of ketones is 1. The molecule has 1 aliphatic heterocycles. The Morgan fingerprint density at radius 1 is 1.25 bits per heavy atom. The normalized spacial score (nSPS) is 31.8. The van der Waals surface area contributed by atoms with E-state index in [4.69, 9.17) is 9.47 Å². The Bertz CT molecular complexity index is 487. The molecular formula is C16H22O4. The second-order valence-corrected chi connectivity index (χ2v) is 5.89. The summed E-state index contributed by atoms with van der Waals surface area (Å²) >= 11 is 0. The number of Topliss-reactive ketones (excluding diaryl/α,β-unsaturated/α-hetero) is 1. The summed E-state index contributed by atoms with van der Waals surface area (Å²) in [5.74, 6) is -0.108. The van der Waals surface area contributed by atoms with Gasteiger partial charge in [0, 0.05) is 31.1 Å². The Balaban J connectivity index is 2.36. The molecule has 4 nitrogen and oxygen atoms in total. The number of hydrogen-bond donors (Lipinski definition) is 0. The minimum Gasteiger partial charge on any atom is -0.454 e. The summed E-state index contributed by atoms with van der Waals surface area (Å²) in [5.41, 5.74) is 2.14. The SMILES string of the molecule is COC1C=C(C)CC2OC(=O)C(C)=C2C(=O)CC(C)C1. The van der Waals surface area contributed by atoms with Crippen molar-refractivity contribution < 1.29 is 19.1 Å². The Labute approximate surface area is 119 Å².